The highest BCUT2D eigenvalue weighted by atomic mass is 19.4. The third-order valence-electron chi connectivity index (χ3n) is 6.72. The molecule has 2 aromatic heterocycles. The topological polar surface area (TPSA) is 121 Å². The molecule has 0 spiro atoms. The molecule has 2 aliphatic heterocycles. The summed E-state index contributed by atoms with van der Waals surface area (Å²) < 4.78 is 67.3. The summed E-state index contributed by atoms with van der Waals surface area (Å²) in [7, 11) is 0. The Bertz CT molecular complexity index is 1300. The van der Waals surface area contributed by atoms with Crippen molar-refractivity contribution < 1.29 is 36.6 Å². The number of nitrogens with zero attached hydrogens (tertiary/aromatic N) is 5. The molecule has 2 atom stereocenters. The molecule has 2 aromatic rings. The van der Waals surface area contributed by atoms with Crippen molar-refractivity contribution in [3.05, 3.63) is 30.2 Å². The van der Waals surface area contributed by atoms with Gasteiger partial charge in [0.15, 0.2) is 17.9 Å². The van der Waals surface area contributed by atoms with Gasteiger partial charge in [0.25, 0.3) is 5.91 Å². The minimum absolute atomic E-state index is 0.0141. The number of amides is 2. The van der Waals surface area contributed by atoms with Crippen LogP contribution in [0.3, 0.4) is 0 Å². The molecule has 4 heterocycles. The number of nitriles is 1. The van der Waals surface area contributed by atoms with Gasteiger partial charge in [-0.2, -0.15) is 18.4 Å². The SMILES string of the molecule is CC(C)(C)OC(=O)N1CCC(F)(CNC(=O)[C@@H]2CN(c3cnc(C#N)c4ncccc34)C[C@H](C(F)(F)F)O2)CC1. The van der Waals surface area contributed by atoms with Crippen molar-refractivity contribution in [1.82, 2.24) is 20.2 Å². The number of halogens is 4. The van der Waals surface area contributed by atoms with E-state index in [-0.39, 0.29) is 49.4 Å². The number of anilines is 1. The number of ether oxygens (including phenoxy) is 2. The summed E-state index contributed by atoms with van der Waals surface area (Å²) in [6.07, 6.45) is -6.65. The monoisotopic (exact) mass is 566 g/mol. The summed E-state index contributed by atoms with van der Waals surface area (Å²) in [5.41, 5.74) is -2.07. The third kappa shape index (κ3) is 6.70. The van der Waals surface area contributed by atoms with Gasteiger partial charge < -0.3 is 24.6 Å². The van der Waals surface area contributed by atoms with E-state index in [1.807, 2.05) is 6.07 Å². The highest BCUT2D eigenvalue weighted by molar-refractivity contribution is 5.94. The van der Waals surface area contributed by atoms with Crippen LogP contribution in [0.1, 0.15) is 39.3 Å². The van der Waals surface area contributed by atoms with Crippen LogP contribution in [-0.2, 0) is 14.3 Å². The lowest BCUT2D eigenvalue weighted by atomic mass is 9.93. The number of likely N-dealkylation sites (tertiary alicyclic amines) is 1. The Kier molecular flexibility index (Phi) is 8.07. The lowest BCUT2D eigenvalue weighted by molar-refractivity contribution is -0.234. The zero-order valence-electron chi connectivity index (χ0n) is 22.3. The number of hydrogen-bond acceptors (Lipinski definition) is 8. The quantitative estimate of drug-likeness (QED) is 0.559. The minimum Gasteiger partial charge on any atom is -0.444 e. The van der Waals surface area contributed by atoms with E-state index in [1.54, 1.807) is 32.9 Å². The summed E-state index contributed by atoms with van der Waals surface area (Å²) in [5.74, 6) is -0.894. The molecular weight excluding hydrogens is 536 g/mol. The summed E-state index contributed by atoms with van der Waals surface area (Å²) in [5, 5.41) is 12.1. The number of piperidine rings is 1. The van der Waals surface area contributed by atoms with Crippen molar-refractivity contribution in [3.63, 3.8) is 0 Å². The number of carbonyl (C=O) groups excluding carboxylic acids is 2. The molecule has 40 heavy (non-hydrogen) atoms. The van der Waals surface area contributed by atoms with Crippen molar-refractivity contribution in [2.24, 2.45) is 0 Å². The molecule has 2 saturated heterocycles. The molecule has 14 heteroatoms. The second-order valence-electron chi connectivity index (χ2n) is 10.9. The van der Waals surface area contributed by atoms with Crippen LogP contribution in [0.4, 0.5) is 28.0 Å². The van der Waals surface area contributed by atoms with Gasteiger partial charge in [-0.1, -0.05) is 0 Å². The average molecular weight is 567 g/mol. The van der Waals surface area contributed by atoms with Gasteiger partial charge in [-0.05, 0) is 32.9 Å². The summed E-state index contributed by atoms with van der Waals surface area (Å²) in [6.45, 7) is 3.97. The lowest BCUT2D eigenvalue weighted by Crippen LogP contribution is -2.58. The van der Waals surface area contributed by atoms with E-state index in [2.05, 4.69) is 15.3 Å². The molecule has 0 aromatic carbocycles. The summed E-state index contributed by atoms with van der Waals surface area (Å²) in [4.78, 5) is 36.1. The van der Waals surface area contributed by atoms with Gasteiger partial charge in [0.1, 0.15) is 22.9 Å². The molecule has 10 nitrogen and oxygen atoms in total. The standard InChI is InChI=1S/C26H30F4N6O4/c1-24(2,3)40-23(38)35-9-6-25(27,7-10-35)15-34-22(37)19-13-36(14-20(39-19)26(28,29)30)18-12-33-17(11-31)21-16(18)5-4-8-32-21/h4-5,8,12,19-20H,6-7,9-10,13-15H2,1-3H3,(H,34,37)/t19-,20+/m0/s1. The fraction of sp³-hybridized carbons (Fsp3) is 0.577. The van der Waals surface area contributed by atoms with Gasteiger partial charge >= 0.3 is 12.3 Å². The Morgan fingerprint density at radius 1 is 1.23 bits per heavy atom. The number of alkyl halides is 4. The minimum atomic E-state index is -4.78. The number of pyridine rings is 2. The number of rotatable bonds is 4. The fourth-order valence-corrected chi connectivity index (χ4v) is 4.62. The number of hydrogen-bond donors (Lipinski definition) is 1. The largest absolute Gasteiger partial charge is 0.444 e. The number of nitrogens with one attached hydrogen (secondary N) is 1. The molecule has 0 radical (unpaired) electrons. The van der Waals surface area contributed by atoms with Crippen LogP contribution < -0.4 is 10.2 Å². The smallest absolute Gasteiger partial charge is 0.416 e. The second kappa shape index (κ2) is 11.0. The molecule has 0 unspecified atom stereocenters. The van der Waals surface area contributed by atoms with E-state index in [1.165, 1.54) is 22.2 Å². The van der Waals surface area contributed by atoms with E-state index in [0.29, 0.717) is 5.39 Å². The van der Waals surface area contributed by atoms with Gasteiger partial charge in [-0.25, -0.2) is 14.2 Å². The van der Waals surface area contributed by atoms with E-state index < -0.39 is 54.7 Å². The third-order valence-corrected chi connectivity index (χ3v) is 6.72. The zero-order valence-corrected chi connectivity index (χ0v) is 22.3. The Hall–Kier alpha value is -3.73. The average Bonchev–Trinajstić information content (AvgIpc) is 2.89. The maximum Gasteiger partial charge on any atom is 0.416 e. The first kappa shape index (κ1) is 29.3. The number of carbonyl (C=O) groups is 2. The van der Waals surface area contributed by atoms with Crippen LogP contribution >= 0.6 is 0 Å². The Balaban J connectivity index is 1.45. The summed E-state index contributed by atoms with van der Waals surface area (Å²) in [6, 6.07) is 5.08. The molecule has 0 saturated carbocycles. The number of fused-ring (bicyclic) bond motifs is 1. The van der Waals surface area contributed by atoms with Crippen molar-refractivity contribution in [2.45, 2.75) is 63.3 Å². The van der Waals surface area contributed by atoms with Crippen LogP contribution in [0.2, 0.25) is 0 Å². The highest BCUT2D eigenvalue weighted by Crippen LogP contribution is 2.34. The van der Waals surface area contributed by atoms with Crippen molar-refractivity contribution in [2.75, 3.05) is 37.6 Å². The molecule has 1 N–H and O–H groups in total. The normalized spacial score (nSPS) is 21.6. The Labute approximate surface area is 228 Å². The van der Waals surface area contributed by atoms with E-state index in [9.17, 15) is 28.0 Å². The van der Waals surface area contributed by atoms with Crippen LogP contribution in [0, 0.1) is 11.3 Å². The molecular formula is C26H30F4N6O4. The number of aromatic nitrogens is 2. The van der Waals surface area contributed by atoms with Gasteiger partial charge in [0.05, 0.1) is 31.5 Å². The predicted octanol–water partition coefficient (Wildman–Crippen LogP) is 3.49. The van der Waals surface area contributed by atoms with Crippen LogP contribution in [0.5, 0.6) is 0 Å². The van der Waals surface area contributed by atoms with E-state index >= 15 is 4.39 Å². The maximum absolute atomic E-state index is 15.5. The van der Waals surface area contributed by atoms with Gasteiger partial charge in [0.2, 0.25) is 0 Å². The molecule has 2 fully saturated rings. The molecule has 4 rings (SSSR count). The van der Waals surface area contributed by atoms with Gasteiger partial charge in [-0.15, -0.1) is 0 Å². The van der Waals surface area contributed by atoms with Crippen LogP contribution in [-0.4, -0.2) is 89.2 Å². The molecule has 2 aliphatic rings. The van der Waals surface area contributed by atoms with Crippen molar-refractivity contribution in [3.8, 4) is 6.07 Å². The van der Waals surface area contributed by atoms with Gasteiger partial charge in [-0.3, -0.25) is 9.78 Å². The highest BCUT2D eigenvalue weighted by Gasteiger charge is 2.48. The van der Waals surface area contributed by atoms with Crippen molar-refractivity contribution in [1.29, 1.82) is 5.26 Å². The molecule has 0 bridgehead atoms. The lowest BCUT2D eigenvalue weighted by Gasteiger charge is -2.40. The van der Waals surface area contributed by atoms with Crippen LogP contribution in [0.25, 0.3) is 10.9 Å². The predicted molar refractivity (Wildman–Crippen MR) is 135 cm³/mol. The maximum atomic E-state index is 15.5. The van der Waals surface area contributed by atoms with Gasteiger partial charge in [0, 0.05) is 37.5 Å². The molecule has 216 valence electrons. The molecule has 2 amide bonds. The first-order valence-corrected chi connectivity index (χ1v) is 12.7. The number of morpholine rings is 1. The summed E-state index contributed by atoms with van der Waals surface area (Å²) >= 11 is 0. The van der Waals surface area contributed by atoms with Crippen LogP contribution in [0.15, 0.2) is 24.5 Å². The fourth-order valence-electron chi connectivity index (χ4n) is 4.62. The van der Waals surface area contributed by atoms with Crippen molar-refractivity contribution >= 4 is 28.6 Å². The van der Waals surface area contributed by atoms with E-state index in [4.69, 9.17) is 9.47 Å². The second-order valence-corrected chi connectivity index (χ2v) is 10.9. The molecule has 0 aliphatic carbocycles. The first-order valence-electron chi connectivity index (χ1n) is 12.7. The first-order chi connectivity index (χ1) is 18.7. The Morgan fingerprint density at radius 3 is 2.55 bits per heavy atom. The zero-order chi connectivity index (χ0) is 29.3. The van der Waals surface area contributed by atoms with E-state index in [0.717, 1.165) is 0 Å². The Morgan fingerprint density at radius 2 is 1.93 bits per heavy atom.